The maximum absolute atomic E-state index is 8.95. The van der Waals surface area contributed by atoms with Crippen molar-refractivity contribution >= 4 is 15.9 Å². The zero-order valence-corrected chi connectivity index (χ0v) is 19.6. The number of halogens is 1. The molecule has 4 N–H and O–H groups in total. The predicted octanol–water partition coefficient (Wildman–Crippen LogP) is 5.23. The van der Waals surface area contributed by atoms with E-state index in [0.717, 1.165) is 48.7 Å². The lowest BCUT2D eigenvalue weighted by Crippen LogP contribution is -2.34. The molecule has 4 nitrogen and oxygen atoms in total. The van der Waals surface area contributed by atoms with Gasteiger partial charge in [-0.1, -0.05) is 46.1 Å². The molecule has 0 heterocycles. The topological polar surface area (TPSA) is 85.1 Å². The first-order valence-electron chi connectivity index (χ1n) is 10.7. The van der Waals surface area contributed by atoms with E-state index in [1.807, 2.05) is 24.3 Å². The lowest BCUT2D eigenvalue weighted by atomic mass is 9.94. The van der Waals surface area contributed by atoms with Gasteiger partial charge in [0.1, 0.15) is 11.3 Å². The molecule has 0 aromatic heterocycles. The highest BCUT2D eigenvalue weighted by Gasteiger charge is 2.36. The van der Waals surface area contributed by atoms with Crippen molar-refractivity contribution in [1.82, 2.24) is 0 Å². The Balaban J connectivity index is 0.000000176. The monoisotopic (exact) mass is 479 g/mol. The predicted molar refractivity (Wildman–Crippen MR) is 129 cm³/mol. The van der Waals surface area contributed by atoms with Crippen LogP contribution in [0.25, 0.3) is 0 Å². The lowest BCUT2D eigenvalue weighted by molar-refractivity contribution is 0.414. The quantitative estimate of drug-likeness (QED) is 0.589. The number of ether oxygens (including phenoxy) is 1. The largest absolute Gasteiger partial charge is 0.497 e. The fraction of sp³-hybridized carbons (Fsp3) is 0.423. The standard InChI is InChI=1S/C14H17NO.C12H13BrN2/c1-3-14(15)9-8-12(10-14)11-4-6-13(16-2)7-5-11;13-11-3-1-9(2-4-11)10-5-6-12(15,7-10)8-14/h1,4-7,12H,8-10,15H2,2H3;1-4,10H,5-7,15H2/t12-,14-;10-,12-/m11/s1. The number of methoxy groups -OCH3 is 1. The smallest absolute Gasteiger partial charge is 0.118 e. The minimum Gasteiger partial charge on any atom is -0.497 e. The normalized spacial score (nSPS) is 29.4. The van der Waals surface area contributed by atoms with Crippen molar-refractivity contribution < 1.29 is 4.74 Å². The highest BCUT2D eigenvalue weighted by atomic mass is 79.9. The van der Waals surface area contributed by atoms with Crippen LogP contribution in [-0.2, 0) is 0 Å². The summed E-state index contributed by atoms with van der Waals surface area (Å²) in [7, 11) is 1.67. The van der Waals surface area contributed by atoms with Gasteiger partial charge < -0.3 is 16.2 Å². The molecule has 0 amide bonds. The maximum Gasteiger partial charge on any atom is 0.118 e. The molecule has 2 aliphatic rings. The Hall–Kier alpha value is -2.31. The summed E-state index contributed by atoms with van der Waals surface area (Å²) in [6.07, 6.45) is 10.9. The van der Waals surface area contributed by atoms with Crippen LogP contribution in [0.2, 0.25) is 0 Å². The molecule has 0 aliphatic heterocycles. The Morgan fingerprint density at radius 3 is 1.84 bits per heavy atom. The summed E-state index contributed by atoms with van der Waals surface area (Å²) in [4.78, 5) is 0. The minimum atomic E-state index is -0.599. The molecule has 4 rings (SSSR count). The van der Waals surface area contributed by atoms with E-state index in [0.29, 0.717) is 11.8 Å². The van der Waals surface area contributed by atoms with Gasteiger partial charge in [-0.25, -0.2) is 0 Å². The highest BCUT2D eigenvalue weighted by Crippen LogP contribution is 2.40. The van der Waals surface area contributed by atoms with Crippen LogP contribution in [0.4, 0.5) is 0 Å². The van der Waals surface area contributed by atoms with Crippen molar-refractivity contribution in [2.45, 2.75) is 61.4 Å². The zero-order chi connectivity index (χ0) is 22.5. The third-order valence-corrected chi connectivity index (χ3v) is 7.07. The van der Waals surface area contributed by atoms with Crippen LogP contribution >= 0.6 is 15.9 Å². The maximum atomic E-state index is 8.95. The molecule has 0 spiro atoms. The summed E-state index contributed by atoms with van der Waals surface area (Å²) in [5, 5.41) is 8.95. The van der Waals surface area contributed by atoms with Crippen LogP contribution in [0.3, 0.4) is 0 Å². The summed E-state index contributed by atoms with van der Waals surface area (Å²) < 4.78 is 6.22. The Kier molecular flexibility index (Phi) is 7.44. The van der Waals surface area contributed by atoms with Crippen LogP contribution in [0, 0.1) is 23.7 Å². The van der Waals surface area contributed by atoms with Gasteiger partial charge in [0, 0.05) is 4.47 Å². The van der Waals surface area contributed by atoms with E-state index in [1.54, 1.807) is 7.11 Å². The molecular formula is C26H30BrN3O. The Labute approximate surface area is 194 Å². The van der Waals surface area contributed by atoms with Gasteiger partial charge in [-0.2, -0.15) is 5.26 Å². The fourth-order valence-electron chi connectivity index (χ4n) is 4.56. The summed E-state index contributed by atoms with van der Waals surface area (Å²) in [5.74, 6) is 4.54. The van der Waals surface area contributed by atoms with E-state index in [2.05, 4.69) is 52.2 Å². The summed E-state index contributed by atoms with van der Waals surface area (Å²) >= 11 is 3.41. The van der Waals surface area contributed by atoms with Crippen LogP contribution < -0.4 is 16.2 Å². The van der Waals surface area contributed by atoms with Crippen molar-refractivity contribution in [3.63, 3.8) is 0 Å². The fourth-order valence-corrected chi connectivity index (χ4v) is 4.83. The van der Waals surface area contributed by atoms with Crippen LogP contribution in [0.5, 0.6) is 5.75 Å². The van der Waals surface area contributed by atoms with Gasteiger partial charge in [-0.15, -0.1) is 6.42 Å². The first-order valence-corrected chi connectivity index (χ1v) is 11.5. The van der Waals surface area contributed by atoms with E-state index >= 15 is 0 Å². The van der Waals surface area contributed by atoms with Crippen molar-refractivity contribution in [1.29, 1.82) is 5.26 Å². The minimum absolute atomic E-state index is 0.398. The molecule has 0 unspecified atom stereocenters. The second-order valence-electron chi connectivity index (χ2n) is 8.77. The van der Waals surface area contributed by atoms with Crippen LogP contribution in [0.1, 0.15) is 61.5 Å². The number of hydrogen-bond acceptors (Lipinski definition) is 4. The first-order chi connectivity index (χ1) is 14.8. The first kappa shape index (κ1) is 23.4. The molecule has 5 heteroatoms. The SMILES string of the molecule is C#C[C@@]1(N)CC[C@@H](c2ccc(OC)cc2)C1.N#C[C@@]1(N)CC[C@@H](c2ccc(Br)cc2)C1. The molecule has 2 saturated carbocycles. The Bertz CT molecular complexity index is 960. The number of benzene rings is 2. The molecule has 2 aliphatic carbocycles. The van der Waals surface area contributed by atoms with E-state index in [4.69, 9.17) is 27.9 Å². The van der Waals surface area contributed by atoms with E-state index in [-0.39, 0.29) is 0 Å². The molecule has 31 heavy (non-hydrogen) atoms. The van der Waals surface area contributed by atoms with Crippen LogP contribution in [-0.4, -0.2) is 18.2 Å². The van der Waals surface area contributed by atoms with Gasteiger partial charge in [0.2, 0.25) is 0 Å². The number of nitrogens with zero attached hydrogens (tertiary/aromatic N) is 1. The number of nitriles is 1. The van der Waals surface area contributed by atoms with Crippen LogP contribution in [0.15, 0.2) is 53.0 Å². The number of hydrogen-bond donors (Lipinski definition) is 2. The van der Waals surface area contributed by atoms with Crippen molar-refractivity contribution in [2.75, 3.05) is 7.11 Å². The Morgan fingerprint density at radius 1 is 0.935 bits per heavy atom. The molecule has 0 bridgehead atoms. The molecule has 2 fully saturated rings. The molecule has 2 aromatic carbocycles. The Morgan fingerprint density at radius 2 is 1.42 bits per heavy atom. The third kappa shape index (κ3) is 5.89. The summed E-state index contributed by atoms with van der Waals surface area (Å²) in [6.45, 7) is 0. The zero-order valence-electron chi connectivity index (χ0n) is 18.0. The van der Waals surface area contributed by atoms with E-state index in [9.17, 15) is 0 Å². The molecule has 2 aromatic rings. The number of nitrogens with two attached hydrogens (primary N) is 2. The van der Waals surface area contributed by atoms with Crippen molar-refractivity contribution in [3.8, 4) is 24.2 Å². The third-order valence-electron chi connectivity index (χ3n) is 6.54. The van der Waals surface area contributed by atoms with E-state index in [1.165, 1.54) is 11.1 Å². The number of terminal acetylenes is 1. The second-order valence-corrected chi connectivity index (χ2v) is 9.69. The molecular weight excluding hydrogens is 450 g/mol. The molecule has 0 saturated heterocycles. The van der Waals surface area contributed by atoms with Crippen molar-refractivity contribution in [3.05, 3.63) is 64.1 Å². The van der Waals surface area contributed by atoms with Gasteiger partial charge >= 0.3 is 0 Å². The van der Waals surface area contributed by atoms with E-state index < -0.39 is 11.1 Å². The van der Waals surface area contributed by atoms with Gasteiger partial charge in [-0.3, -0.25) is 0 Å². The summed E-state index contributed by atoms with van der Waals surface area (Å²) in [5.41, 5.74) is 13.6. The highest BCUT2D eigenvalue weighted by molar-refractivity contribution is 9.10. The van der Waals surface area contributed by atoms with Gasteiger partial charge in [-0.05, 0) is 85.8 Å². The second kappa shape index (κ2) is 9.88. The molecule has 0 radical (unpaired) electrons. The van der Waals surface area contributed by atoms with Crippen molar-refractivity contribution in [2.24, 2.45) is 11.5 Å². The van der Waals surface area contributed by atoms with Gasteiger partial charge in [0.25, 0.3) is 0 Å². The molecule has 4 atom stereocenters. The van der Waals surface area contributed by atoms with Gasteiger partial charge in [0.05, 0.1) is 18.7 Å². The molecule has 162 valence electrons. The average molecular weight is 480 g/mol. The lowest BCUT2D eigenvalue weighted by Gasteiger charge is -2.16. The average Bonchev–Trinajstić information content (AvgIpc) is 3.39. The number of rotatable bonds is 3. The van der Waals surface area contributed by atoms with Gasteiger partial charge in [0.15, 0.2) is 0 Å². The summed E-state index contributed by atoms with van der Waals surface area (Å²) in [6, 6.07) is 18.7.